The van der Waals surface area contributed by atoms with Crippen LogP contribution in [0.2, 0.25) is 5.02 Å². The van der Waals surface area contributed by atoms with Crippen molar-refractivity contribution in [3.8, 4) is 0 Å². The van der Waals surface area contributed by atoms with E-state index < -0.39 is 11.9 Å². The van der Waals surface area contributed by atoms with Crippen LogP contribution in [0, 0.1) is 0 Å². The number of carboxylic acids is 1. The van der Waals surface area contributed by atoms with E-state index >= 15 is 0 Å². The molecule has 1 N–H and O–H groups in total. The number of hydrogen-bond donors (Lipinski definition) is 1. The number of aliphatic carboxylic acids is 1. The fourth-order valence-corrected chi connectivity index (χ4v) is 2.44. The molecule has 2 nitrogen and oxygen atoms in total. The van der Waals surface area contributed by atoms with E-state index in [-0.39, 0.29) is 0 Å². The fraction of sp³-hybridized carbons (Fsp3) is 0.278. The summed E-state index contributed by atoms with van der Waals surface area (Å²) < 4.78 is 0. The van der Waals surface area contributed by atoms with E-state index in [1.807, 2.05) is 12.1 Å². The van der Waals surface area contributed by atoms with Gasteiger partial charge in [0.2, 0.25) is 0 Å². The molecule has 3 heteroatoms. The summed E-state index contributed by atoms with van der Waals surface area (Å²) in [4.78, 5) is 11.5. The molecule has 0 aromatic heterocycles. The lowest BCUT2D eigenvalue weighted by atomic mass is 9.91. The van der Waals surface area contributed by atoms with Gasteiger partial charge in [-0.3, -0.25) is 4.79 Å². The topological polar surface area (TPSA) is 37.3 Å². The molecule has 0 amide bonds. The molecule has 0 heterocycles. The van der Waals surface area contributed by atoms with Crippen LogP contribution in [0.3, 0.4) is 0 Å². The number of carbonyl (C=O) groups is 1. The molecule has 0 aliphatic heterocycles. The highest BCUT2D eigenvalue weighted by atomic mass is 35.5. The zero-order valence-electron chi connectivity index (χ0n) is 12.2. The van der Waals surface area contributed by atoms with Crippen LogP contribution in [0.5, 0.6) is 0 Å². The molecule has 2 aromatic rings. The Kier molecular flexibility index (Phi) is 5.03. The minimum atomic E-state index is -0.815. The average Bonchev–Trinajstić information content (AvgIpc) is 2.46. The van der Waals surface area contributed by atoms with Gasteiger partial charge < -0.3 is 5.11 Å². The van der Waals surface area contributed by atoms with Crippen molar-refractivity contribution in [2.45, 2.75) is 32.1 Å². The van der Waals surface area contributed by atoms with Crippen molar-refractivity contribution in [3.05, 3.63) is 70.2 Å². The Morgan fingerprint density at radius 1 is 1.00 bits per heavy atom. The van der Waals surface area contributed by atoms with Crippen molar-refractivity contribution in [2.75, 3.05) is 0 Å². The Morgan fingerprint density at radius 3 is 2.00 bits per heavy atom. The maximum Gasteiger partial charge on any atom is 0.311 e. The molecule has 0 radical (unpaired) electrons. The van der Waals surface area contributed by atoms with Gasteiger partial charge in [-0.15, -0.1) is 0 Å². The van der Waals surface area contributed by atoms with Crippen LogP contribution < -0.4 is 0 Å². The number of hydrogen-bond acceptors (Lipinski definition) is 1. The predicted molar refractivity (Wildman–Crippen MR) is 86.1 cm³/mol. The standard InChI is InChI=1S/C18H19ClO2/c1-12(2)14-5-3-13(4-6-14)11-17(18(20)21)15-7-9-16(19)10-8-15/h3-10,12,17H,11H2,1-2H3,(H,20,21). The van der Waals surface area contributed by atoms with E-state index in [1.54, 1.807) is 24.3 Å². The van der Waals surface area contributed by atoms with Gasteiger partial charge in [0.1, 0.15) is 0 Å². The van der Waals surface area contributed by atoms with E-state index in [4.69, 9.17) is 11.6 Å². The second kappa shape index (κ2) is 6.77. The van der Waals surface area contributed by atoms with Crippen LogP contribution in [0.25, 0.3) is 0 Å². The molecule has 110 valence electrons. The molecule has 0 bridgehead atoms. The van der Waals surface area contributed by atoms with Crippen LogP contribution in [0.4, 0.5) is 0 Å². The van der Waals surface area contributed by atoms with Crippen LogP contribution in [-0.2, 0) is 11.2 Å². The van der Waals surface area contributed by atoms with Gasteiger partial charge in [0.05, 0.1) is 5.92 Å². The van der Waals surface area contributed by atoms with Gasteiger partial charge in [0.25, 0.3) is 0 Å². The average molecular weight is 303 g/mol. The summed E-state index contributed by atoms with van der Waals surface area (Å²) in [6.07, 6.45) is 0.481. The summed E-state index contributed by atoms with van der Waals surface area (Å²) in [7, 11) is 0. The normalized spacial score (nSPS) is 12.4. The molecule has 0 saturated heterocycles. The second-order valence-electron chi connectivity index (χ2n) is 5.54. The minimum Gasteiger partial charge on any atom is -0.481 e. The van der Waals surface area contributed by atoms with E-state index in [9.17, 15) is 9.90 Å². The van der Waals surface area contributed by atoms with Gasteiger partial charge in [-0.25, -0.2) is 0 Å². The highest BCUT2D eigenvalue weighted by Crippen LogP contribution is 2.24. The Labute approximate surface area is 130 Å². The molecule has 2 aromatic carbocycles. The van der Waals surface area contributed by atoms with E-state index in [0.29, 0.717) is 17.4 Å². The first-order chi connectivity index (χ1) is 9.97. The van der Waals surface area contributed by atoms with E-state index in [2.05, 4.69) is 26.0 Å². The molecular weight excluding hydrogens is 284 g/mol. The van der Waals surface area contributed by atoms with Crippen molar-refractivity contribution >= 4 is 17.6 Å². The summed E-state index contributed by atoms with van der Waals surface area (Å²) in [6.45, 7) is 4.28. The van der Waals surface area contributed by atoms with Gasteiger partial charge >= 0.3 is 5.97 Å². The summed E-state index contributed by atoms with van der Waals surface area (Å²) >= 11 is 5.86. The quantitative estimate of drug-likeness (QED) is 0.855. The SMILES string of the molecule is CC(C)c1ccc(CC(C(=O)O)c2ccc(Cl)cc2)cc1. The number of carboxylic acid groups (broad SMARTS) is 1. The van der Waals surface area contributed by atoms with E-state index in [0.717, 1.165) is 11.1 Å². The first-order valence-corrected chi connectivity index (χ1v) is 7.42. The van der Waals surface area contributed by atoms with Gasteiger partial charge in [0.15, 0.2) is 0 Å². The van der Waals surface area contributed by atoms with Gasteiger partial charge in [0, 0.05) is 5.02 Å². The number of halogens is 1. The third-order valence-corrected chi connectivity index (χ3v) is 3.91. The molecular formula is C18H19ClO2. The summed E-state index contributed by atoms with van der Waals surface area (Å²) in [6, 6.07) is 15.2. The summed E-state index contributed by atoms with van der Waals surface area (Å²) in [5.41, 5.74) is 3.07. The molecule has 0 aliphatic rings. The Hall–Kier alpha value is -1.80. The first kappa shape index (κ1) is 15.6. The van der Waals surface area contributed by atoms with Crippen LogP contribution in [0.15, 0.2) is 48.5 Å². The molecule has 0 saturated carbocycles. The maximum atomic E-state index is 11.5. The molecule has 1 atom stereocenters. The molecule has 0 spiro atoms. The lowest BCUT2D eigenvalue weighted by Crippen LogP contribution is -2.14. The lowest BCUT2D eigenvalue weighted by molar-refractivity contribution is -0.138. The van der Waals surface area contributed by atoms with Gasteiger partial charge in [-0.2, -0.15) is 0 Å². The highest BCUT2D eigenvalue weighted by molar-refractivity contribution is 6.30. The molecule has 0 fully saturated rings. The molecule has 1 unspecified atom stereocenters. The monoisotopic (exact) mass is 302 g/mol. The van der Waals surface area contributed by atoms with Crippen molar-refractivity contribution in [2.24, 2.45) is 0 Å². The van der Waals surface area contributed by atoms with Crippen LogP contribution in [0.1, 0.15) is 42.4 Å². The highest BCUT2D eigenvalue weighted by Gasteiger charge is 2.20. The molecule has 21 heavy (non-hydrogen) atoms. The van der Waals surface area contributed by atoms with Crippen molar-refractivity contribution in [1.82, 2.24) is 0 Å². The number of rotatable bonds is 5. The Balaban J connectivity index is 2.20. The van der Waals surface area contributed by atoms with Crippen LogP contribution in [-0.4, -0.2) is 11.1 Å². The summed E-state index contributed by atoms with van der Waals surface area (Å²) in [5, 5.41) is 10.1. The predicted octanol–water partition coefficient (Wildman–Crippen LogP) is 4.87. The zero-order valence-corrected chi connectivity index (χ0v) is 13.0. The molecule has 0 aliphatic carbocycles. The summed E-state index contributed by atoms with van der Waals surface area (Å²) in [5.74, 6) is -0.886. The third-order valence-electron chi connectivity index (χ3n) is 3.66. The zero-order chi connectivity index (χ0) is 15.4. The Morgan fingerprint density at radius 2 is 1.52 bits per heavy atom. The largest absolute Gasteiger partial charge is 0.481 e. The molecule has 2 rings (SSSR count). The first-order valence-electron chi connectivity index (χ1n) is 7.04. The minimum absolute atomic E-state index is 0.477. The van der Waals surface area contributed by atoms with Crippen molar-refractivity contribution < 1.29 is 9.90 Å². The number of benzene rings is 2. The lowest BCUT2D eigenvalue weighted by Gasteiger charge is -2.14. The Bertz CT molecular complexity index is 600. The third kappa shape index (κ3) is 4.08. The second-order valence-corrected chi connectivity index (χ2v) is 5.98. The smallest absolute Gasteiger partial charge is 0.311 e. The van der Waals surface area contributed by atoms with E-state index in [1.165, 1.54) is 5.56 Å². The van der Waals surface area contributed by atoms with Crippen molar-refractivity contribution in [3.63, 3.8) is 0 Å². The maximum absolute atomic E-state index is 11.5. The van der Waals surface area contributed by atoms with Crippen LogP contribution >= 0.6 is 11.6 Å². The fourth-order valence-electron chi connectivity index (χ4n) is 2.32. The van der Waals surface area contributed by atoms with Gasteiger partial charge in [-0.05, 0) is 41.2 Å². The van der Waals surface area contributed by atoms with Crippen molar-refractivity contribution in [1.29, 1.82) is 0 Å². The van der Waals surface area contributed by atoms with Gasteiger partial charge in [-0.1, -0.05) is 61.8 Å².